The summed E-state index contributed by atoms with van der Waals surface area (Å²) in [6.45, 7) is 3.68. The Labute approximate surface area is 159 Å². The molecule has 8 nitrogen and oxygen atoms in total. The second-order valence-electron chi connectivity index (χ2n) is 5.98. The fourth-order valence-electron chi connectivity index (χ4n) is 2.60. The highest BCUT2D eigenvalue weighted by Crippen LogP contribution is 2.16. The zero-order chi connectivity index (χ0) is 19.0. The lowest BCUT2D eigenvalue weighted by Gasteiger charge is -2.28. The van der Waals surface area contributed by atoms with Crippen molar-refractivity contribution in [1.29, 1.82) is 0 Å². The zero-order valence-electron chi connectivity index (χ0n) is 14.9. The van der Waals surface area contributed by atoms with Crippen molar-refractivity contribution in [2.75, 3.05) is 49.6 Å². The largest absolute Gasteiger partial charge is 0.378 e. The lowest BCUT2D eigenvalue weighted by molar-refractivity contribution is 0.122. The summed E-state index contributed by atoms with van der Waals surface area (Å²) in [5.41, 5.74) is 1.80. The SMILES string of the molecule is O=S(=O)(/C=C/c1ccccc1)NCCNc1cc(N2CCOCC2)cnn1. The van der Waals surface area contributed by atoms with E-state index in [1.54, 1.807) is 12.3 Å². The Morgan fingerprint density at radius 3 is 2.70 bits per heavy atom. The van der Waals surface area contributed by atoms with Gasteiger partial charge in [-0.05, 0) is 11.6 Å². The van der Waals surface area contributed by atoms with Crippen LogP contribution >= 0.6 is 0 Å². The van der Waals surface area contributed by atoms with Gasteiger partial charge in [0, 0.05) is 37.7 Å². The molecule has 1 aromatic heterocycles. The zero-order valence-corrected chi connectivity index (χ0v) is 15.7. The van der Waals surface area contributed by atoms with Crippen molar-refractivity contribution in [2.45, 2.75) is 0 Å². The Balaban J connectivity index is 1.46. The Hall–Kier alpha value is -2.49. The first-order valence-corrected chi connectivity index (χ1v) is 10.3. The number of rotatable bonds is 8. The van der Waals surface area contributed by atoms with E-state index in [0.29, 0.717) is 25.6 Å². The molecule has 2 heterocycles. The predicted molar refractivity (Wildman–Crippen MR) is 106 cm³/mol. The summed E-state index contributed by atoms with van der Waals surface area (Å²) >= 11 is 0. The van der Waals surface area contributed by atoms with Crippen molar-refractivity contribution in [2.24, 2.45) is 0 Å². The van der Waals surface area contributed by atoms with Crippen molar-refractivity contribution in [3.8, 4) is 0 Å². The van der Waals surface area contributed by atoms with Crippen molar-refractivity contribution in [3.63, 3.8) is 0 Å². The first-order valence-electron chi connectivity index (χ1n) is 8.74. The average Bonchev–Trinajstić information content (AvgIpc) is 2.72. The fourth-order valence-corrected chi connectivity index (χ4v) is 3.42. The molecule has 144 valence electrons. The first kappa shape index (κ1) is 19.3. The second-order valence-corrected chi connectivity index (χ2v) is 7.63. The minimum absolute atomic E-state index is 0.241. The number of nitrogens with zero attached hydrogens (tertiary/aromatic N) is 3. The molecule has 27 heavy (non-hydrogen) atoms. The molecule has 1 aliphatic heterocycles. The Bertz CT molecular complexity index is 852. The number of hydrogen-bond acceptors (Lipinski definition) is 7. The highest BCUT2D eigenvalue weighted by atomic mass is 32.2. The van der Waals surface area contributed by atoms with E-state index < -0.39 is 10.0 Å². The van der Waals surface area contributed by atoms with Gasteiger partial charge < -0.3 is 15.0 Å². The number of hydrogen-bond donors (Lipinski definition) is 2. The Kier molecular flexibility index (Phi) is 6.74. The third-order valence-corrected chi connectivity index (χ3v) is 5.09. The minimum Gasteiger partial charge on any atom is -0.378 e. The van der Waals surface area contributed by atoms with E-state index in [2.05, 4.69) is 25.1 Å². The summed E-state index contributed by atoms with van der Waals surface area (Å²) in [5.74, 6) is 0.609. The lowest BCUT2D eigenvalue weighted by atomic mass is 10.2. The fraction of sp³-hybridized carbons (Fsp3) is 0.333. The summed E-state index contributed by atoms with van der Waals surface area (Å²) in [4.78, 5) is 2.18. The van der Waals surface area contributed by atoms with Gasteiger partial charge in [-0.15, -0.1) is 5.10 Å². The van der Waals surface area contributed by atoms with Crippen LogP contribution in [0.1, 0.15) is 5.56 Å². The van der Waals surface area contributed by atoms with Crippen molar-refractivity contribution >= 4 is 27.6 Å². The number of benzene rings is 1. The van der Waals surface area contributed by atoms with Crippen LogP contribution in [0.15, 0.2) is 48.0 Å². The van der Waals surface area contributed by atoms with Crippen LogP contribution in [0.25, 0.3) is 6.08 Å². The number of morpholine rings is 1. The predicted octanol–water partition coefficient (Wildman–Crippen LogP) is 1.32. The highest BCUT2D eigenvalue weighted by Gasteiger charge is 2.12. The van der Waals surface area contributed by atoms with Crippen LogP contribution in [0, 0.1) is 0 Å². The molecule has 0 aliphatic carbocycles. The van der Waals surface area contributed by atoms with E-state index in [4.69, 9.17) is 4.74 Å². The molecule has 3 rings (SSSR count). The first-order chi connectivity index (χ1) is 13.1. The quantitative estimate of drug-likeness (QED) is 0.657. The molecule has 0 radical (unpaired) electrons. The summed E-state index contributed by atoms with van der Waals surface area (Å²) in [6, 6.07) is 11.2. The molecule has 0 saturated carbocycles. The van der Waals surface area contributed by atoms with Crippen molar-refractivity contribution in [1.82, 2.24) is 14.9 Å². The van der Waals surface area contributed by atoms with Gasteiger partial charge in [0.2, 0.25) is 10.0 Å². The molecule has 0 unspecified atom stereocenters. The van der Waals surface area contributed by atoms with Gasteiger partial charge >= 0.3 is 0 Å². The molecule has 0 amide bonds. The van der Waals surface area contributed by atoms with Crippen LogP contribution in [-0.2, 0) is 14.8 Å². The monoisotopic (exact) mass is 389 g/mol. The number of ether oxygens (including phenoxy) is 1. The highest BCUT2D eigenvalue weighted by molar-refractivity contribution is 7.92. The van der Waals surface area contributed by atoms with E-state index in [9.17, 15) is 8.42 Å². The molecule has 2 aromatic rings. The number of nitrogens with one attached hydrogen (secondary N) is 2. The van der Waals surface area contributed by atoms with E-state index in [-0.39, 0.29) is 6.54 Å². The van der Waals surface area contributed by atoms with Crippen LogP contribution in [0.2, 0.25) is 0 Å². The summed E-state index contributed by atoms with van der Waals surface area (Å²) in [6.07, 6.45) is 3.28. The second kappa shape index (κ2) is 9.45. The van der Waals surface area contributed by atoms with Gasteiger partial charge in [0.15, 0.2) is 5.82 Å². The van der Waals surface area contributed by atoms with Crippen LogP contribution in [0.4, 0.5) is 11.5 Å². The van der Waals surface area contributed by atoms with Gasteiger partial charge in [-0.1, -0.05) is 30.3 Å². The topological polar surface area (TPSA) is 96.5 Å². The van der Waals surface area contributed by atoms with Crippen LogP contribution in [0.3, 0.4) is 0 Å². The molecular weight excluding hydrogens is 366 g/mol. The standard InChI is InChI=1S/C18H23N5O3S/c24-27(25,13-6-16-4-2-1-3-5-16)21-8-7-19-18-14-17(15-20-22-18)23-9-11-26-12-10-23/h1-6,13-15,21H,7-12H2,(H,19,22)/b13-6+. The molecule has 2 N–H and O–H groups in total. The molecule has 1 fully saturated rings. The molecule has 0 atom stereocenters. The minimum atomic E-state index is -3.49. The van der Waals surface area contributed by atoms with Gasteiger partial charge in [0.1, 0.15) is 0 Å². The molecular formula is C18H23N5O3S. The van der Waals surface area contributed by atoms with Gasteiger partial charge in [-0.25, -0.2) is 13.1 Å². The third kappa shape index (κ3) is 6.31. The van der Waals surface area contributed by atoms with Crippen LogP contribution in [0.5, 0.6) is 0 Å². The maximum atomic E-state index is 12.0. The van der Waals surface area contributed by atoms with Crippen LogP contribution < -0.4 is 14.9 Å². The Morgan fingerprint density at radius 2 is 1.93 bits per heavy atom. The van der Waals surface area contributed by atoms with E-state index in [1.165, 1.54) is 5.41 Å². The molecule has 0 spiro atoms. The smallest absolute Gasteiger partial charge is 0.233 e. The van der Waals surface area contributed by atoms with Crippen molar-refractivity contribution in [3.05, 3.63) is 53.6 Å². The van der Waals surface area contributed by atoms with Crippen LogP contribution in [-0.4, -0.2) is 58.0 Å². The average molecular weight is 389 g/mol. The summed E-state index contributed by atoms with van der Waals surface area (Å²) in [7, 11) is -3.49. The number of sulfonamides is 1. The molecule has 1 aliphatic rings. The maximum absolute atomic E-state index is 12.0. The van der Waals surface area contributed by atoms with E-state index in [0.717, 1.165) is 24.3 Å². The Morgan fingerprint density at radius 1 is 1.15 bits per heavy atom. The number of anilines is 2. The lowest BCUT2D eigenvalue weighted by Crippen LogP contribution is -2.36. The van der Waals surface area contributed by atoms with E-state index >= 15 is 0 Å². The normalized spacial score (nSPS) is 15.2. The summed E-state index contributed by atoms with van der Waals surface area (Å²) in [5, 5.41) is 12.3. The molecule has 1 aromatic carbocycles. The molecule has 9 heteroatoms. The van der Waals surface area contributed by atoms with Gasteiger partial charge in [0.25, 0.3) is 0 Å². The molecule has 0 bridgehead atoms. The third-order valence-electron chi connectivity index (χ3n) is 3.99. The number of aromatic nitrogens is 2. The summed E-state index contributed by atoms with van der Waals surface area (Å²) < 4.78 is 31.9. The maximum Gasteiger partial charge on any atom is 0.233 e. The van der Waals surface area contributed by atoms with Gasteiger partial charge in [0.05, 0.1) is 25.1 Å². The molecule has 1 saturated heterocycles. The van der Waals surface area contributed by atoms with Gasteiger partial charge in [-0.3, -0.25) is 0 Å². The van der Waals surface area contributed by atoms with Gasteiger partial charge in [-0.2, -0.15) is 5.10 Å². The van der Waals surface area contributed by atoms with Crippen molar-refractivity contribution < 1.29 is 13.2 Å². The van der Waals surface area contributed by atoms with E-state index in [1.807, 2.05) is 36.4 Å².